The van der Waals surface area contributed by atoms with Crippen LogP contribution in [0.3, 0.4) is 0 Å². The molecule has 0 aliphatic carbocycles. The zero-order chi connectivity index (χ0) is 17.8. The van der Waals surface area contributed by atoms with Crippen LogP contribution in [0.5, 0.6) is 0 Å². The molecule has 1 aliphatic rings. The Hall–Kier alpha value is -2.55. The molecule has 0 spiro atoms. The van der Waals surface area contributed by atoms with Gasteiger partial charge < -0.3 is 9.88 Å². The fourth-order valence-corrected chi connectivity index (χ4v) is 3.39. The number of H-pyrrole nitrogens is 1. The van der Waals surface area contributed by atoms with Gasteiger partial charge in [0.05, 0.1) is 5.69 Å². The number of nitrogens with one attached hydrogen (secondary N) is 2. The predicted octanol–water partition coefficient (Wildman–Crippen LogP) is 1.13. The van der Waals surface area contributed by atoms with Crippen LogP contribution in [0.2, 0.25) is 0 Å². The summed E-state index contributed by atoms with van der Waals surface area (Å²) >= 11 is 1.26. The third kappa shape index (κ3) is 4.11. The van der Waals surface area contributed by atoms with Crippen molar-refractivity contribution in [2.24, 2.45) is 0 Å². The molecule has 0 aromatic carbocycles. The Kier molecular flexibility index (Phi) is 5.22. The van der Waals surface area contributed by atoms with Gasteiger partial charge in [0, 0.05) is 43.1 Å². The number of rotatable bonds is 3. The van der Waals surface area contributed by atoms with E-state index in [0.717, 1.165) is 5.69 Å². The van der Waals surface area contributed by atoms with E-state index >= 15 is 0 Å². The highest BCUT2D eigenvalue weighted by Gasteiger charge is 2.28. The predicted molar refractivity (Wildman–Crippen MR) is 93.5 cm³/mol. The number of amides is 2. The van der Waals surface area contributed by atoms with Crippen molar-refractivity contribution < 1.29 is 9.59 Å². The first kappa shape index (κ1) is 17.3. The van der Waals surface area contributed by atoms with Crippen molar-refractivity contribution in [2.45, 2.75) is 32.1 Å². The highest BCUT2D eigenvalue weighted by atomic mass is 32.1. The maximum absolute atomic E-state index is 12.2. The summed E-state index contributed by atoms with van der Waals surface area (Å²) in [5, 5.41) is 4.64. The lowest BCUT2D eigenvalue weighted by Gasteiger charge is -2.31. The SMILES string of the molecule is CCc1nc(C2CCN(C(=O)C(=O)Nc3nccs3)CC2)cc(=O)[nH]1. The minimum absolute atomic E-state index is 0.124. The molecule has 25 heavy (non-hydrogen) atoms. The van der Waals surface area contributed by atoms with E-state index in [1.807, 2.05) is 6.92 Å². The van der Waals surface area contributed by atoms with E-state index in [2.05, 4.69) is 20.3 Å². The van der Waals surface area contributed by atoms with Crippen LogP contribution in [-0.2, 0) is 16.0 Å². The Morgan fingerprint density at radius 2 is 2.16 bits per heavy atom. The number of carbonyl (C=O) groups excluding carboxylic acids is 2. The molecule has 1 saturated heterocycles. The lowest BCUT2D eigenvalue weighted by molar-refractivity contribution is -0.143. The lowest BCUT2D eigenvalue weighted by atomic mass is 9.93. The maximum Gasteiger partial charge on any atom is 0.315 e. The summed E-state index contributed by atoms with van der Waals surface area (Å²) in [6.07, 6.45) is 3.58. The van der Waals surface area contributed by atoms with Crippen molar-refractivity contribution in [3.8, 4) is 0 Å². The van der Waals surface area contributed by atoms with Gasteiger partial charge in [-0.05, 0) is 12.8 Å². The molecule has 8 nitrogen and oxygen atoms in total. The van der Waals surface area contributed by atoms with Crippen LogP contribution in [0.15, 0.2) is 22.4 Å². The van der Waals surface area contributed by atoms with Crippen LogP contribution < -0.4 is 10.9 Å². The topological polar surface area (TPSA) is 108 Å². The molecule has 2 aromatic heterocycles. The van der Waals surface area contributed by atoms with Crippen molar-refractivity contribution in [3.05, 3.63) is 39.5 Å². The van der Waals surface area contributed by atoms with Gasteiger partial charge in [0.25, 0.3) is 5.56 Å². The summed E-state index contributed by atoms with van der Waals surface area (Å²) in [5.41, 5.74) is 0.614. The minimum atomic E-state index is -0.670. The zero-order valence-electron chi connectivity index (χ0n) is 13.8. The first-order valence-corrected chi connectivity index (χ1v) is 9.04. The Bertz CT molecular complexity index is 809. The second kappa shape index (κ2) is 7.56. The standard InChI is InChI=1S/C16H19N5O3S/c1-2-12-18-11(9-13(22)19-12)10-3-6-21(7-4-10)15(24)14(23)20-16-17-5-8-25-16/h5,8-10H,2-4,6-7H2,1H3,(H,17,20,23)(H,18,19,22). The molecule has 0 saturated carbocycles. The summed E-state index contributed by atoms with van der Waals surface area (Å²) in [4.78, 5) is 48.6. The molecule has 3 rings (SSSR count). The summed E-state index contributed by atoms with van der Waals surface area (Å²) in [6.45, 7) is 2.86. The number of aromatic nitrogens is 3. The normalized spacial score (nSPS) is 15.2. The molecule has 1 fully saturated rings. The fraction of sp³-hybridized carbons (Fsp3) is 0.438. The Morgan fingerprint density at radius 1 is 1.40 bits per heavy atom. The number of anilines is 1. The van der Waals surface area contributed by atoms with Crippen molar-refractivity contribution in [2.75, 3.05) is 18.4 Å². The second-order valence-electron chi connectivity index (χ2n) is 5.83. The van der Waals surface area contributed by atoms with Crippen molar-refractivity contribution in [3.63, 3.8) is 0 Å². The summed E-state index contributed by atoms with van der Waals surface area (Å²) in [6, 6.07) is 1.52. The Balaban J connectivity index is 1.60. The van der Waals surface area contributed by atoms with Gasteiger partial charge in [0.2, 0.25) is 0 Å². The largest absolute Gasteiger partial charge is 0.334 e. The van der Waals surface area contributed by atoms with Gasteiger partial charge in [-0.3, -0.25) is 19.7 Å². The number of hydrogen-bond acceptors (Lipinski definition) is 6. The summed E-state index contributed by atoms with van der Waals surface area (Å²) < 4.78 is 0. The fourth-order valence-electron chi connectivity index (χ4n) is 2.86. The Morgan fingerprint density at radius 3 is 2.80 bits per heavy atom. The average Bonchev–Trinajstić information content (AvgIpc) is 3.13. The van der Waals surface area contributed by atoms with E-state index in [0.29, 0.717) is 43.3 Å². The van der Waals surface area contributed by atoms with Gasteiger partial charge in [-0.25, -0.2) is 9.97 Å². The summed E-state index contributed by atoms with van der Waals surface area (Å²) in [5.74, 6) is -0.430. The first-order chi connectivity index (χ1) is 12.1. The average molecular weight is 361 g/mol. The number of thiazole rings is 1. The molecule has 0 unspecified atom stereocenters. The number of hydrogen-bond donors (Lipinski definition) is 2. The van der Waals surface area contributed by atoms with Crippen molar-refractivity contribution >= 4 is 28.3 Å². The van der Waals surface area contributed by atoms with Gasteiger partial charge in [-0.1, -0.05) is 6.92 Å². The third-order valence-electron chi connectivity index (χ3n) is 4.19. The van der Waals surface area contributed by atoms with Crippen LogP contribution in [0.25, 0.3) is 0 Å². The van der Waals surface area contributed by atoms with Gasteiger partial charge in [-0.15, -0.1) is 11.3 Å². The molecule has 132 valence electrons. The lowest BCUT2D eigenvalue weighted by Crippen LogP contribution is -2.44. The molecule has 2 N–H and O–H groups in total. The van der Waals surface area contributed by atoms with Gasteiger partial charge in [-0.2, -0.15) is 0 Å². The van der Waals surface area contributed by atoms with Gasteiger partial charge >= 0.3 is 11.8 Å². The maximum atomic E-state index is 12.2. The van der Waals surface area contributed by atoms with Crippen molar-refractivity contribution in [1.29, 1.82) is 0 Å². The monoisotopic (exact) mass is 361 g/mol. The molecular formula is C16H19N5O3S. The Labute approximate surface area is 148 Å². The van der Waals surface area contributed by atoms with E-state index in [1.54, 1.807) is 11.6 Å². The number of piperidine rings is 1. The molecule has 2 amide bonds. The number of likely N-dealkylation sites (tertiary alicyclic amines) is 1. The minimum Gasteiger partial charge on any atom is -0.334 e. The summed E-state index contributed by atoms with van der Waals surface area (Å²) in [7, 11) is 0. The first-order valence-electron chi connectivity index (χ1n) is 8.16. The van der Waals surface area contributed by atoms with Gasteiger partial charge in [0.15, 0.2) is 5.13 Å². The number of aryl methyl sites for hydroxylation is 1. The number of aromatic amines is 1. The molecule has 0 radical (unpaired) electrons. The molecule has 0 atom stereocenters. The zero-order valence-corrected chi connectivity index (χ0v) is 14.6. The van der Waals surface area contributed by atoms with Crippen LogP contribution in [0.4, 0.5) is 5.13 Å². The van der Waals surface area contributed by atoms with Crippen LogP contribution in [0.1, 0.15) is 37.2 Å². The molecule has 2 aromatic rings. The van der Waals surface area contributed by atoms with Crippen molar-refractivity contribution in [1.82, 2.24) is 19.9 Å². The van der Waals surface area contributed by atoms with Crippen LogP contribution in [0, 0.1) is 0 Å². The number of carbonyl (C=O) groups is 2. The molecule has 9 heteroatoms. The smallest absolute Gasteiger partial charge is 0.315 e. The van der Waals surface area contributed by atoms with Gasteiger partial charge in [0.1, 0.15) is 5.82 Å². The molecule has 3 heterocycles. The highest BCUT2D eigenvalue weighted by Crippen LogP contribution is 2.26. The molecule has 0 bridgehead atoms. The number of nitrogens with zero attached hydrogens (tertiary/aromatic N) is 3. The van der Waals surface area contributed by atoms with Crippen LogP contribution in [-0.4, -0.2) is 44.8 Å². The highest BCUT2D eigenvalue weighted by molar-refractivity contribution is 7.13. The van der Waals surface area contributed by atoms with E-state index < -0.39 is 11.8 Å². The van der Waals surface area contributed by atoms with Crippen LogP contribution >= 0.6 is 11.3 Å². The van der Waals surface area contributed by atoms with E-state index in [-0.39, 0.29) is 11.5 Å². The van der Waals surface area contributed by atoms with E-state index in [4.69, 9.17) is 0 Å². The third-order valence-corrected chi connectivity index (χ3v) is 4.88. The van der Waals surface area contributed by atoms with E-state index in [9.17, 15) is 14.4 Å². The molecule has 1 aliphatic heterocycles. The second-order valence-corrected chi connectivity index (χ2v) is 6.72. The quantitative estimate of drug-likeness (QED) is 0.797. The van der Waals surface area contributed by atoms with E-state index in [1.165, 1.54) is 22.3 Å². The molecular weight excluding hydrogens is 342 g/mol.